The maximum atomic E-state index is 12.3. The number of hydrogen-bond donors (Lipinski definition) is 5. The molecule has 0 saturated heterocycles. The van der Waals surface area contributed by atoms with Gasteiger partial charge in [0.1, 0.15) is 12.0 Å². The number of benzene rings is 2. The summed E-state index contributed by atoms with van der Waals surface area (Å²) >= 11 is 11.0. The summed E-state index contributed by atoms with van der Waals surface area (Å²) < 4.78 is 5.06. The van der Waals surface area contributed by atoms with Crippen molar-refractivity contribution >= 4 is 65.5 Å². The van der Waals surface area contributed by atoms with Crippen LogP contribution in [0.4, 0.5) is 5.69 Å². The van der Waals surface area contributed by atoms with Gasteiger partial charge in [-0.15, -0.1) is 11.8 Å². The Morgan fingerprint density at radius 2 is 1.84 bits per heavy atom. The summed E-state index contributed by atoms with van der Waals surface area (Å²) in [6, 6.07) is 14.0. The molecule has 0 radical (unpaired) electrons. The van der Waals surface area contributed by atoms with Gasteiger partial charge in [0.25, 0.3) is 5.91 Å². The summed E-state index contributed by atoms with van der Waals surface area (Å²) in [6.07, 6.45) is 2.33. The number of thiol groups is 1. The number of aldehydes is 1. The van der Waals surface area contributed by atoms with Crippen molar-refractivity contribution in [2.75, 3.05) is 18.7 Å². The molecule has 170 valence electrons. The number of hydrogen-bond acceptors (Lipinski definition) is 7. The van der Waals surface area contributed by atoms with E-state index in [2.05, 4.69) is 34.1 Å². The molecular formula is C21H24N4O4S3. The molecule has 2 amide bonds. The van der Waals surface area contributed by atoms with Crippen molar-refractivity contribution in [3.63, 3.8) is 0 Å². The topological polar surface area (TPSA) is 109 Å². The number of thioether (sulfide) groups is 1. The van der Waals surface area contributed by atoms with Crippen molar-refractivity contribution in [1.82, 2.24) is 16.2 Å². The fraction of sp³-hybridized carbons (Fsp3) is 0.238. The number of ether oxygens (including phenoxy) is 1. The highest BCUT2D eigenvalue weighted by Crippen LogP contribution is 2.24. The van der Waals surface area contributed by atoms with Crippen LogP contribution in [-0.2, 0) is 9.59 Å². The van der Waals surface area contributed by atoms with E-state index in [0.29, 0.717) is 17.6 Å². The zero-order chi connectivity index (χ0) is 23.5. The molecule has 2 unspecified atom stereocenters. The molecule has 0 aliphatic carbocycles. The number of hydrazine groups is 1. The largest absolute Gasteiger partial charge is 0.497 e. The van der Waals surface area contributed by atoms with Crippen molar-refractivity contribution in [3.05, 3.63) is 54.1 Å². The number of nitrogens with one attached hydrogen (secondary N) is 4. The highest BCUT2D eigenvalue weighted by atomic mass is 32.2. The van der Waals surface area contributed by atoms with Crippen molar-refractivity contribution in [3.8, 4) is 5.75 Å². The van der Waals surface area contributed by atoms with Crippen molar-refractivity contribution in [2.24, 2.45) is 5.92 Å². The third kappa shape index (κ3) is 7.74. The molecule has 32 heavy (non-hydrogen) atoms. The molecule has 0 fully saturated rings. The standard InChI is InChI=1S/C21H24N4O4S3/c1-29-15-9-7-13(8-10-15)19(28)23-20(30)14(12-26)11-18(27)24-25-21(31)22-16-5-3-4-6-17(16)32-2/h3-10,12,14,20,30H,11H2,1-2H3,(H,23,28)(H,24,27)(H2,22,25,31). The van der Waals surface area contributed by atoms with Crippen LogP contribution in [0.25, 0.3) is 0 Å². The number of carbonyl (C=O) groups is 3. The molecule has 2 rings (SSSR count). The van der Waals surface area contributed by atoms with E-state index in [1.165, 1.54) is 7.11 Å². The molecule has 0 bridgehead atoms. The van der Waals surface area contributed by atoms with E-state index >= 15 is 0 Å². The van der Waals surface area contributed by atoms with Crippen LogP contribution in [0, 0.1) is 5.92 Å². The number of thiocarbonyl (C=S) groups is 1. The summed E-state index contributed by atoms with van der Waals surface area (Å²) in [4.78, 5) is 37.1. The average Bonchev–Trinajstić information content (AvgIpc) is 2.81. The van der Waals surface area contributed by atoms with Gasteiger partial charge in [-0.2, -0.15) is 12.6 Å². The Bertz CT molecular complexity index is 956. The minimum atomic E-state index is -0.855. The Hall–Kier alpha value is -2.76. The van der Waals surface area contributed by atoms with Crippen LogP contribution < -0.4 is 26.2 Å². The third-order valence-electron chi connectivity index (χ3n) is 4.30. The fourth-order valence-corrected chi connectivity index (χ4v) is 3.60. The van der Waals surface area contributed by atoms with E-state index in [0.717, 1.165) is 10.6 Å². The minimum absolute atomic E-state index is 0.192. The van der Waals surface area contributed by atoms with Gasteiger partial charge >= 0.3 is 0 Å². The van der Waals surface area contributed by atoms with E-state index in [4.69, 9.17) is 17.0 Å². The molecule has 8 nitrogen and oxygen atoms in total. The molecule has 4 N–H and O–H groups in total. The SMILES string of the molecule is COc1ccc(C(=O)NC(S)C(C=O)CC(=O)NNC(=S)Nc2ccccc2SC)cc1. The van der Waals surface area contributed by atoms with Crippen LogP contribution in [0.1, 0.15) is 16.8 Å². The molecule has 0 aromatic heterocycles. The minimum Gasteiger partial charge on any atom is -0.497 e. The van der Waals surface area contributed by atoms with Crippen LogP contribution in [0.2, 0.25) is 0 Å². The molecule has 11 heteroatoms. The van der Waals surface area contributed by atoms with Gasteiger partial charge in [-0.1, -0.05) is 12.1 Å². The molecule has 2 atom stereocenters. The molecule has 2 aromatic rings. The second kappa shape index (κ2) is 12.9. The smallest absolute Gasteiger partial charge is 0.252 e. The van der Waals surface area contributed by atoms with Crippen LogP contribution in [0.3, 0.4) is 0 Å². The second-order valence-corrected chi connectivity index (χ2v) is 8.29. The van der Waals surface area contributed by atoms with Gasteiger partial charge in [-0.3, -0.25) is 20.4 Å². The van der Waals surface area contributed by atoms with Gasteiger partial charge in [0.15, 0.2) is 5.11 Å². The van der Waals surface area contributed by atoms with Crippen molar-refractivity contribution in [1.29, 1.82) is 0 Å². The lowest BCUT2D eigenvalue weighted by Crippen LogP contribution is -2.46. The highest BCUT2D eigenvalue weighted by Gasteiger charge is 2.23. The molecule has 0 aliphatic rings. The molecular weight excluding hydrogens is 468 g/mol. The molecule has 0 heterocycles. The number of anilines is 1. The molecule has 0 spiro atoms. The Balaban J connectivity index is 1.83. The van der Waals surface area contributed by atoms with E-state index in [1.54, 1.807) is 36.0 Å². The zero-order valence-electron chi connectivity index (χ0n) is 17.5. The molecule has 0 saturated carbocycles. The van der Waals surface area contributed by atoms with E-state index in [-0.39, 0.29) is 11.5 Å². The normalized spacial score (nSPS) is 12.1. The number of rotatable bonds is 9. The first kappa shape index (κ1) is 25.5. The Morgan fingerprint density at radius 1 is 1.16 bits per heavy atom. The Morgan fingerprint density at radius 3 is 2.47 bits per heavy atom. The maximum absolute atomic E-state index is 12.3. The van der Waals surface area contributed by atoms with E-state index in [9.17, 15) is 14.4 Å². The molecule has 0 aliphatic heterocycles. The summed E-state index contributed by atoms with van der Waals surface area (Å²) in [7, 11) is 1.53. The van der Waals surface area contributed by atoms with Gasteiger partial charge in [0.2, 0.25) is 5.91 Å². The number of methoxy groups -OCH3 is 1. The Labute approximate surface area is 201 Å². The lowest BCUT2D eigenvalue weighted by Gasteiger charge is -2.20. The van der Waals surface area contributed by atoms with Gasteiger partial charge in [-0.05, 0) is 54.9 Å². The quantitative estimate of drug-likeness (QED) is 0.0908. The summed E-state index contributed by atoms with van der Waals surface area (Å²) in [6.45, 7) is 0. The first-order valence-corrected chi connectivity index (χ1v) is 11.6. The predicted molar refractivity (Wildman–Crippen MR) is 133 cm³/mol. The van der Waals surface area contributed by atoms with Crippen LogP contribution in [0.5, 0.6) is 5.75 Å². The first-order valence-electron chi connectivity index (χ1n) is 9.45. The highest BCUT2D eigenvalue weighted by molar-refractivity contribution is 7.98. The van der Waals surface area contributed by atoms with Crippen LogP contribution in [0.15, 0.2) is 53.4 Å². The maximum Gasteiger partial charge on any atom is 0.252 e. The number of para-hydroxylation sites is 1. The Kier molecular flexibility index (Phi) is 10.3. The van der Waals surface area contributed by atoms with Crippen molar-refractivity contribution in [2.45, 2.75) is 16.7 Å². The first-order chi connectivity index (χ1) is 15.4. The fourth-order valence-electron chi connectivity index (χ4n) is 2.59. The second-order valence-electron chi connectivity index (χ2n) is 6.48. The van der Waals surface area contributed by atoms with Crippen LogP contribution in [-0.4, -0.2) is 42.0 Å². The number of carbonyl (C=O) groups excluding carboxylic acids is 3. The predicted octanol–water partition coefficient (Wildman–Crippen LogP) is 2.63. The monoisotopic (exact) mass is 492 g/mol. The lowest BCUT2D eigenvalue weighted by atomic mass is 10.1. The summed E-state index contributed by atoms with van der Waals surface area (Å²) in [5.41, 5.74) is 6.22. The van der Waals surface area contributed by atoms with Gasteiger partial charge in [0, 0.05) is 16.9 Å². The van der Waals surface area contributed by atoms with Crippen LogP contribution >= 0.6 is 36.6 Å². The molecule has 2 aromatic carbocycles. The summed E-state index contributed by atoms with van der Waals surface area (Å²) in [5.74, 6) is -1.14. The summed E-state index contributed by atoms with van der Waals surface area (Å²) in [5, 5.41) is 4.94. The average molecular weight is 493 g/mol. The zero-order valence-corrected chi connectivity index (χ0v) is 20.0. The number of amides is 2. The van der Waals surface area contributed by atoms with E-state index in [1.807, 2.05) is 30.5 Å². The third-order valence-corrected chi connectivity index (χ3v) is 5.82. The van der Waals surface area contributed by atoms with E-state index < -0.39 is 23.1 Å². The van der Waals surface area contributed by atoms with Gasteiger partial charge in [0.05, 0.1) is 24.1 Å². The van der Waals surface area contributed by atoms with Gasteiger partial charge < -0.3 is 20.2 Å². The van der Waals surface area contributed by atoms with Crippen molar-refractivity contribution < 1.29 is 19.1 Å². The lowest BCUT2D eigenvalue weighted by molar-refractivity contribution is -0.125. The van der Waals surface area contributed by atoms with Gasteiger partial charge in [-0.25, -0.2) is 0 Å².